The monoisotopic (exact) mass is 430 g/mol. The number of piperazine rings is 1. The first-order chi connectivity index (χ1) is 11.1. The van der Waals surface area contributed by atoms with E-state index >= 15 is 0 Å². The summed E-state index contributed by atoms with van der Waals surface area (Å²) < 4.78 is 0.907. The predicted octanol–water partition coefficient (Wildman–Crippen LogP) is 2.42. The molecule has 0 bridgehead atoms. The molecule has 0 N–H and O–H groups in total. The first-order valence-electron chi connectivity index (χ1n) is 8.23. The molecule has 2 heterocycles. The van der Waals surface area contributed by atoms with Crippen LogP contribution in [0.15, 0.2) is 18.2 Å². The molecular formula is C16H23IN4O2. The van der Waals surface area contributed by atoms with Gasteiger partial charge in [0.2, 0.25) is 0 Å². The molecule has 0 aliphatic carbocycles. The average molecular weight is 430 g/mol. The van der Waals surface area contributed by atoms with Gasteiger partial charge in [-0.3, -0.25) is 15.0 Å². The van der Waals surface area contributed by atoms with Crippen molar-refractivity contribution in [3.05, 3.63) is 31.9 Å². The zero-order valence-electron chi connectivity index (χ0n) is 13.4. The van der Waals surface area contributed by atoms with Crippen LogP contribution in [0.25, 0.3) is 0 Å². The molecule has 2 fully saturated rings. The standard InChI is InChI=1S/C16H23IN4O2/c1-2-18-7-9-19(10-8-18)14-5-6-20(12-14)15-4-3-13(17)11-16(15)21(22)23/h3-4,11,14H,2,5-10,12H2,1H3. The van der Waals surface area contributed by atoms with Gasteiger partial charge in [-0.25, -0.2) is 0 Å². The van der Waals surface area contributed by atoms with Crippen molar-refractivity contribution < 1.29 is 4.92 Å². The number of benzene rings is 1. The van der Waals surface area contributed by atoms with E-state index in [-0.39, 0.29) is 10.6 Å². The molecule has 0 saturated carbocycles. The first-order valence-corrected chi connectivity index (χ1v) is 9.31. The molecule has 6 nitrogen and oxygen atoms in total. The van der Waals surface area contributed by atoms with Crippen LogP contribution < -0.4 is 4.90 Å². The summed E-state index contributed by atoms with van der Waals surface area (Å²) in [5.41, 5.74) is 0.999. The van der Waals surface area contributed by atoms with Gasteiger partial charge < -0.3 is 9.80 Å². The van der Waals surface area contributed by atoms with E-state index in [2.05, 4.69) is 44.2 Å². The van der Waals surface area contributed by atoms with Crippen LogP contribution in [-0.2, 0) is 0 Å². The highest BCUT2D eigenvalue weighted by atomic mass is 127. The van der Waals surface area contributed by atoms with Crippen LogP contribution in [0.3, 0.4) is 0 Å². The minimum Gasteiger partial charge on any atom is -0.364 e. The fraction of sp³-hybridized carbons (Fsp3) is 0.625. The topological polar surface area (TPSA) is 52.9 Å². The minimum atomic E-state index is -0.259. The molecular weight excluding hydrogens is 407 g/mol. The van der Waals surface area contributed by atoms with Gasteiger partial charge in [-0.05, 0) is 47.7 Å². The molecule has 1 aromatic rings. The Balaban J connectivity index is 1.67. The lowest BCUT2D eigenvalue weighted by Gasteiger charge is -2.37. The summed E-state index contributed by atoms with van der Waals surface area (Å²) in [4.78, 5) is 18.3. The van der Waals surface area contributed by atoms with Crippen molar-refractivity contribution in [3.8, 4) is 0 Å². The number of nitro benzene ring substituents is 1. The number of hydrogen-bond acceptors (Lipinski definition) is 5. The highest BCUT2D eigenvalue weighted by Gasteiger charge is 2.32. The second-order valence-electron chi connectivity index (χ2n) is 6.25. The Bertz CT molecular complexity index is 575. The van der Waals surface area contributed by atoms with Crippen molar-refractivity contribution in [2.45, 2.75) is 19.4 Å². The highest BCUT2D eigenvalue weighted by Crippen LogP contribution is 2.33. The van der Waals surface area contributed by atoms with E-state index in [1.807, 2.05) is 12.1 Å². The predicted molar refractivity (Wildman–Crippen MR) is 100 cm³/mol. The average Bonchev–Trinajstić information content (AvgIpc) is 3.04. The van der Waals surface area contributed by atoms with Gasteiger partial charge in [-0.2, -0.15) is 0 Å². The molecule has 23 heavy (non-hydrogen) atoms. The quantitative estimate of drug-likeness (QED) is 0.417. The van der Waals surface area contributed by atoms with Crippen LogP contribution in [0.4, 0.5) is 11.4 Å². The molecule has 3 rings (SSSR count). The molecule has 0 aromatic heterocycles. The summed E-state index contributed by atoms with van der Waals surface area (Å²) in [7, 11) is 0. The third kappa shape index (κ3) is 3.77. The second-order valence-corrected chi connectivity index (χ2v) is 7.49. The van der Waals surface area contributed by atoms with Crippen molar-refractivity contribution in [2.24, 2.45) is 0 Å². The Morgan fingerprint density at radius 1 is 1.26 bits per heavy atom. The molecule has 1 unspecified atom stereocenters. The van der Waals surface area contributed by atoms with Crippen molar-refractivity contribution in [1.29, 1.82) is 0 Å². The van der Waals surface area contributed by atoms with Gasteiger partial charge in [0.25, 0.3) is 5.69 Å². The maximum Gasteiger partial charge on any atom is 0.293 e. The molecule has 2 saturated heterocycles. The van der Waals surface area contributed by atoms with Crippen molar-refractivity contribution in [2.75, 3.05) is 50.7 Å². The van der Waals surface area contributed by atoms with E-state index < -0.39 is 0 Å². The van der Waals surface area contributed by atoms with Crippen molar-refractivity contribution in [3.63, 3.8) is 0 Å². The number of anilines is 1. The Morgan fingerprint density at radius 2 is 2.00 bits per heavy atom. The van der Waals surface area contributed by atoms with Gasteiger partial charge in [-0.15, -0.1) is 0 Å². The molecule has 126 valence electrons. The Labute approximate surface area is 150 Å². The SMILES string of the molecule is CCN1CCN(C2CCN(c3ccc(I)cc3[N+](=O)[O-])C2)CC1. The van der Waals surface area contributed by atoms with Crippen molar-refractivity contribution >= 4 is 34.0 Å². The number of halogens is 1. The lowest BCUT2D eigenvalue weighted by molar-refractivity contribution is -0.384. The zero-order valence-corrected chi connectivity index (χ0v) is 15.6. The lowest BCUT2D eigenvalue weighted by atomic mass is 10.2. The zero-order chi connectivity index (χ0) is 16.4. The van der Waals surface area contributed by atoms with Crippen LogP contribution in [0.2, 0.25) is 0 Å². The van der Waals surface area contributed by atoms with E-state index in [0.29, 0.717) is 6.04 Å². The number of rotatable bonds is 4. The van der Waals surface area contributed by atoms with Gasteiger partial charge in [0.1, 0.15) is 5.69 Å². The molecule has 1 aromatic carbocycles. The van der Waals surface area contributed by atoms with Gasteiger partial charge in [0, 0.05) is 54.9 Å². The minimum absolute atomic E-state index is 0.230. The maximum absolute atomic E-state index is 11.3. The number of nitrogens with zero attached hydrogens (tertiary/aromatic N) is 4. The molecule has 0 radical (unpaired) electrons. The van der Waals surface area contributed by atoms with Gasteiger partial charge in [0.05, 0.1) is 4.92 Å². The van der Waals surface area contributed by atoms with Crippen LogP contribution in [0.1, 0.15) is 13.3 Å². The lowest BCUT2D eigenvalue weighted by Crippen LogP contribution is -2.50. The van der Waals surface area contributed by atoms with E-state index in [4.69, 9.17) is 0 Å². The highest BCUT2D eigenvalue weighted by molar-refractivity contribution is 14.1. The summed E-state index contributed by atoms with van der Waals surface area (Å²) >= 11 is 2.13. The first kappa shape index (κ1) is 16.9. The van der Waals surface area contributed by atoms with Crippen LogP contribution in [0.5, 0.6) is 0 Å². The molecule has 7 heteroatoms. The third-order valence-corrected chi connectivity index (χ3v) is 5.68. The second kappa shape index (κ2) is 7.31. The molecule has 0 spiro atoms. The Kier molecular flexibility index (Phi) is 5.38. The van der Waals surface area contributed by atoms with Crippen LogP contribution in [0, 0.1) is 13.7 Å². The molecule has 0 amide bonds. The van der Waals surface area contributed by atoms with Gasteiger partial charge in [-0.1, -0.05) is 6.92 Å². The van der Waals surface area contributed by atoms with E-state index in [9.17, 15) is 10.1 Å². The van der Waals surface area contributed by atoms with E-state index in [1.165, 1.54) is 0 Å². The van der Waals surface area contributed by atoms with Gasteiger partial charge in [0.15, 0.2) is 0 Å². The number of hydrogen-bond donors (Lipinski definition) is 0. The summed E-state index contributed by atoms with van der Waals surface area (Å²) in [5.74, 6) is 0. The largest absolute Gasteiger partial charge is 0.364 e. The molecule has 2 aliphatic rings. The van der Waals surface area contributed by atoms with E-state index in [1.54, 1.807) is 6.07 Å². The molecule has 1 atom stereocenters. The summed E-state index contributed by atoms with van der Waals surface area (Å²) in [6.07, 6.45) is 1.09. The Morgan fingerprint density at radius 3 is 2.65 bits per heavy atom. The van der Waals surface area contributed by atoms with Gasteiger partial charge >= 0.3 is 0 Å². The summed E-state index contributed by atoms with van der Waals surface area (Å²) in [5, 5.41) is 11.3. The molecule has 2 aliphatic heterocycles. The normalized spacial score (nSPS) is 23.4. The summed E-state index contributed by atoms with van der Waals surface area (Å²) in [6.45, 7) is 9.63. The fourth-order valence-corrected chi connectivity index (χ4v) is 4.09. The smallest absolute Gasteiger partial charge is 0.293 e. The van der Waals surface area contributed by atoms with Crippen molar-refractivity contribution in [1.82, 2.24) is 9.80 Å². The number of likely N-dealkylation sites (N-methyl/N-ethyl adjacent to an activating group) is 1. The van der Waals surface area contributed by atoms with E-state index in [0.717, 1.165) is 61.5 Å². The van der Waals surface area contributed by atoms with Crippen LogP contribution in [-0.4, -0.2) is 66.6 Å². The summed E-state index contributed by atoms with van der Waals surface area (Å²) in [6, 6.07) is 6.05. The number of nitro groups is 1. The Hall–Kier alpha value is -0.930. The maximum atomic E-state index is 11.3. The third-order valence-electron chi connectivity index (χ3n) is 5.01. The fourth-order valence-electron chi connectivity index (χ4n) is 3.61. The van der Waals surface area contributed by atoms with Crippen LogP contribution >= 0.6 is 22.6 Å².